The number of ketones is 1. The van der Waals surface area contributed by atoms with Crippen molar-refractivity contribution in [2.45, 2.75) is 203 Å². The summed E-state index contributed by atoms with van der Waals surface area (Å²) in [6, 6.07) is 23.3. The minimum atomic E-state index is -2.45. The normalized spacial score (nSPS) is 27.7. The maximum absolute atomic E-state index is 15.8. The molecule has 16 nitrogen and oxygen atoms in total. The molecule has 4 aliphatic rings. The van der Waals surface area contributed by atoms with E-state index < -0.39 is 123 Å². The molecular formula is C63H80BrNO15. The fourth-order valence-electron chi connectivity index (χ4n) is 12.8. The van der Waals surface area contributed by atoms with Crippen LogP contribution in [0, 0.1) is 16.7 Å². The van der Waals surface area contributed by atoms with Gasteiger partial charge in [0.2, 0.25) is 6.10 Å². The van der Waals surface area contributed by atoms with Crippen molar-refractivity contribution in [1.82, 2.24) is 5.32 Å². The van der Waals surface area contributed by atoms with E-state index in [1.54, 1.807) is 99.6 Å². The molecule has 434 valence electrons. The summed E-state index contributed by atoms with van der Waals surface area (Å²) in [5.74, 6) is -7.66. The average molecular weight is 1170 g/mol. The number of amides is 1. The highest BCUT2D eigenvalue weighted by Crippen LogP contribution is 2.64. The van der Waals surface area contributed by atoms with E-state index in [1.807, 2.05) is 0 Å². The van der Waals surface area contributed by atoms with Gasteiger partial charge in [0.05, 0.1) is 29.6 Å². The maximum atomic E-state index is 15.8. The van der Waals surface area contributed by atoms with Gasteiger partial charge < -0.3 is 44.0 Å². The lowest BCUT2D eigenvalue weighted by Gasteiger charge is -2.67. The van der Waals surface area contributed by atoms with Crippen LogP contribution in [0.25, 0.3) is 0 Å². The zero-order chi connectivity index (χ0) is 58.0. The molecule has 1 aliphatic heterocycles. The van der Waals surface area contributed by atoms with Crippen LogP contribution in [-0.2, 0) is 52.4 Å². The Balaban J connectivity index is 1.28. The number of rotatable bonds is 25. The fourth-order valence-corrected chi connectivity index (χ4v) is 13.2. The second-order valence-electron chi connectivity index (χ2n) is 22.9. The van der Waals surface area contributed by atoms with Crippen molar-refractivity contribution in [2.75, 3.05) is 6.61 Å². The number of fused-ring (bicyclic) bond motifs is 5. The zero-order valence-corrected chi connectivity index (χ0v) is 48.8. The average Bonchev–Trinajstić information content (AvgIpc) is 3.45. The predicted molar refractivity (Wildman–Crippen MR) is 300 cm³/mol. The molecule has 17 heteroatoms. The van der Waals surface area contributed by atoms with Crippen LogP contribution in [0.5, 0.6) is 0 Å². The molecule has 0 aromatic heterocycles. The molecule has 12 atom stereocenters. The van der Waals surface area contributed by atoms with Crippen LogP contribution >= 0.6 is 15.9 Å². The fraction of sp³-hybridized carbons (Fsp3) is 0.571. The van der Waals surface area contributed by atoms with Crippen LogP contribution < -0.4 is 5.32 Å². The summed E-state index contributed by atoms with van der Waals surface area (Å²) >= 11 is 3.54. The topological polar surface area (TPSA) is 227 Å². The van der Waals surface area contributed by atoms with E-state index in [0.29, 0.717) is 18.4 Å². The van der Waals surface area contributed by atoms with Gasteiger partial charge in [0, 0.05) is 37.7 Å². The van der Waals surface area contributed by atoms with Crippen molar-refractivity contribution in [2.24, 2.45) is 16.7 Å². The van der Waals surface area contributed by atoms with Crippen molar-refractivity contribution in [1.29, 1.82) is 0 Å². The molecule has 0 spiro atoms. The number of aliphatic hydroxyl groups is 2. The SMILES string of the molecule is CCCCCCCCCCCCCCC(Br)C(=O)O[C@@H](C(=O)O[C@H]1C[C@@]2(O)[C@@H](OC(=O)c3ccccc3)C3[C@](C)(C(=O)[C@H](OC(C)=O)C(=C1C)C2(C)C)[C@@H](O)C[C@H]1OC[C@@]31OC(C)=O)[C@@H](NC(=O)c1ccccc1)c1ccccc1. The van der Waals surface area contributed by atoms with Crippen molar-refractivity contribution in [3.63, 3.8) is 0 Å². The smallest absolute Gasteiger partial charge is 0.350 e. The van der Waals surface area contributed by atoms with Crippen molar-refractivity contribution < 1.29 is 72.2 Å². The van der Waals surface area contributed by atoms with Crippen molar-refractivity contribution in [3.8, 4) is 0 Å². The van der Waals surface area contributed by atoms with Crippen molar-refractivity contribution in [3.05, 3.63) is 119 Å². The lowest BCUT2D eigenvalue weighted by Crippen LogP contribution is -2.82. The lowest BCUT2D eigenvalue weighted by molar-refractivity contribution is -0.346. The number of esters is 5. The number of hydrogen-bond donors (Lipinski definition) is 3. The molecule has 1 heterocycles. The van der Waals surface area contributed by atoms with Gasteiger partial charge in [-0.2, -0.15) is 0 Å². The molecule has 3 aromatic rings. The maximum Gasteiger partial charge on any atom is 0.350 e. The Labute approximate surface area is 478 Å². The van der Waals surface area contributed by atoms with E-state index in [2.05, 4.69) is 28.2 Å². The number of carbonyl (C=O) groups excluding carboxylic acids is 7. The van der Waals surface area contributed by atoms with E-state index in [-0.39, 0.29) is 35.3 Å². The molecule has 3 N–H and O–H groups in total. The third-order valence-electron chi connectivity index (χ3n) is 17.3. The largest absolute Gasteiger partial charge is 0.455 e. The third-order valence-corrected chi connectivity index (χ3v) is 18.1. The second-order valence-corrected chi connectivity index (χ2v) is 24.0. The van der Waals surface area contributed by atoms with Gasteiger partial charge >= 0.3 is 29.8 Å². The number of benzene rings is 3. The molecule has 1 amide bonds. The molecular weight excluding hydrogens is 1090 g/mol. The third kappa shape index (κ3) is 13.1. The molecule has 2 bridgehead atoms. The van der Waals surface area contributed by atoms with Gasteiger partial charge in [-0.15, -0.1) is 0 Å². The Morgan fingerprint density at radius 2 is 1.29 bits per heavy atom. The Morgan fingerprint density at radius 1 is 0.738 bits per heavy atom. The van der Waals surface area contributed by atoms with Gasteiger partial charge in [-0.25, -0.2) is 9.59 Å². The van der Waals surface area contributed by atoms with Crippen LogP contribution in [0.15, 0.2) is 102 Å². The predicted octanol–water partition coefficient (Wildman–Crippen LogP) is 10.1. The van der Waals surface area contributed by atoms with Gasteiger partial charge in [0.1, 0.15) is 34.8 Å². The number of halogens is 1. The molecule has 3 aromatic carbocycles. The quantitative estimate of drug-likeness (QED) is 0.0236. The minimum absolute atomic E-state index is 0.0149. The van der Waals surface area contributed by atoms with Crippen LogP contribution in [0.2, 0.25) is 0 Å². The lowest BCUT2D eigenvalue weighted by atomic mass is 9.44. The first-order valence-electron chi connectivity index (χ1n) is 28.5. The van der Waals surface area contributed by atoms with Crippen LogP contribution in [0.1, 0.15) is 177 Å². The minimum Gasteiger partial charge on any atom is -0.455 e. The van der Waals surface area contributed by atoms with Gasteiger partial charge in [-0.05, 0) is 61.2 Å². The summed E-state index contributed by atoms with van der Waals surface area (Å²) < 4.78 is 37.4. The number of aliphatic hydroxyl groups excluding tert-OH is 1. The second kappa shape index (κ2) is 26.9. The van der Waals surface area contributed by atoms with Gasteiger partial charge in [-0.3, -0.25) is 24.0 Å². The number of Topliss-reactive ketones (excluding diaryl/α,β-unsaturated/α-hetero) is 1. The first-order valence-corrected chi connectivity index (χ1v) is 29.4. The van der Waals surface area contributed by atoms with Crippen molar-refractivity contribution >= 4 is 57.5 Å². The number of alkyl halides is 1. The van der Waals surface area contributed by atoms with Crippen LogP contribution in [0.3, 0.4) is 0 Å². The van der Waals surface area contributed by atoms with Gasteiger partial charge in [-0.1, -0.05) is 180 Å². The zero-order valence-electron chi connectivity index (χ0n) is 47.2. The Hall–Kier alpha value is -5.75. The highest BCUT2D eigenvalue weighted by atomic mass is 79.9. The number of ether oxygens (including phenoxy) is 6. The number of nitrogens with one attached hydrogen (secondary N) is 1. The van der Waals surface area contributed by atoms with E-state index in [9.17, 15) is 34.2 Å². The van der Waals surface area contributed by atoms with Crippen LogP contribution in [-0.4, -0.2) is 111 Å². The Bertz CT molecular complexity index is 2700. The molecule has 0 radical (unpaired) electrons. The summed E-state index contributed by atoms with van der Waals surface area (Å²) in [6.07, 6.45) is 3.30. The summed E-state index contributed by atoms with van der Waals surface area (Å²) in [5, 5.41) is 29.3. The number of carbonyl (C=O) groups is 7. The van der Waals surface area contributed by atoms with E-state index in [1.165, 1.54) is 64.0 Å². The van der Waals surface area contributed by atoms with E-state index >= 15 is 9.59 Å². The molecule has 3 fully saturated rings. The molecule has 1 saturated heterocycles. The van der Waals surface area contributed by atoms with Gasteiger partial charge in [0.25, 0.3) is 5.91 Å². The first kappa shape index (κ1) is 61.9. The Kier molecular flexibility index (Phi) is 20.8. The monoisotopic (exact) mass is 1170 g/mol. The van der Waals surface area contributed by atoms with Gasteiger partial charge in [0.15, 0.2) is 17.5 Å². The highest BCUT2D eigenvalue weighted by Gasteiger charge is 2.78. The number of unbranched alkanes of at least 4 members (excludes halogenated alkanes) is 11. The summed E-state index contributed by atoms with van der Waals surface area (Å²) in [7, 11) is 0. The number of hydrogen-bond acceptors (Lipinski definition) is 15. The summed E-state index contributed by atoms with van der Waals surface area (Å²) in [6.45, 7) is 10.3. The molecule has 3 aliphatic carbocycles. The van der Waals surface area contributed by atoms with E-state index in [0.717, 1.165) is 39.5 Å². The molecule has 80 heavy (non-hydrogen) atoms. The van der Waals surface area contributed by atoms with Crippen LogP contribution in [0.4, 0.5) is 0 Å². The molecule has 2 saturated carbocycles. The summed E-state index contributed by atoms with van der Waals surface area (Å²) in [5.41, 5.74) is -7.24. The molecule has 2 unspecified atom stereocenters. The standard InChI is InChI=1S/C63H80BrNO15/c1-8-9-10-11-12-13-14-15-16-17-18-28-35-45(64)58(72)78-52(50(42-29-22-19-23-30-42)65-56(70)43-31-24-20-25-32-43)59(73)77-46-37-63(74)55(79-57(71)44-33-26-21-27-34-44)53-61(7,47(68)36-48-62(53,38-75-48)80-41(4)67)54(69)51(76-40(3)66)49(39(46)2)60(63,5)6/h19-27,29-34,45-48,50-53,55,68,74H,8-18,28,35-38H2,1-7H3,(H,65,70)/t45?,46-,47-,48+,50-,51+,52+,53?,55-,61+,62-,63+/m0/s1. The first-order chi connectivity index (χ1) is 38.1. The van der Waals surface area contributed by atoms with E-state index in [4.69, 9.17) is 28.4 Å². The molecule has 7 rings (SSSR count). The highest BCUT2D eigenvalue weighted by molar-refractivity contribution is 9.10. The summed E-state index contributed by atoms with van der Waals surface area (Å²) in [4.78, 5) is 100. The Morgan fingerprint density at radius 3 is 1.82 bits per heavy atom.